The van der Waals surface area contributed by atoms with Gasteiger partial charge in [-0.05, 0) is 70.2 Å². The maximum Gasteiger partial charge on any atom is 0.331 e. The molecular formula is C38H54O5Si. The summed E-state index contributed by atoms with van der Waals surface area (Å²) in [5.74, 6) is -0.116. The lowest BCUT2D eigenvalue weighted by Crippen LogP contribution is -2.67. The van der Waals surface area contributed by atoms with E-state index in [4.69, 9.17) is 9.16 Å². The third-order valence-electron chi connectivity index (χ3n) is 12.8. The van der Waals surface area contributed by atoms with Crippen molar-refractivity contribution >= 4 is 30.4 Å². The van der Waals surface area contributed by atoms with E-state index in [0.717, 1.165) is 36.1 Å². The summed E-state index contributed by atoms with van der Waals surface area (Å²) in [7, 11) is -2.94. The molecule has 0 aromatic heterocycles. The van der Waals surface area contributed by atoms with Crippen molar-refractivity contribution in [3.05, 3.63) is 60.7 Å². The van der Waals surface area contributed by atoms with Gasteiger partial charge < -0.3 is 14.3 Å². The van der Waals surface area contributed by atoms with Gasteiger partial charge in [0.2, 0.25) is 0 Å². The highest BCUT2D eigenvalue weighted by molar-refractivity contribution is 6.99. The highest BCUT2D eigenvalue weighted by Gasteiger charge is 2.68. The molecule has 2 aromatic carbocycles. The summed E-state index contributed by atoms with van der Waals surface area (Å²) >= 11 is 0. The summed E-state index contributed by atoms with van der Waals surface area (Å²) in [4.78, 5) is 27.9. The van der Waals surface area contributed by atoms with Gasteiger partial charge in [0.05, 0.1) is 6.10 Å². The van der Waals surface area contributed by atoms with Crippen LogP contribution in [0.5, 0.6) is 0 Å². The number of hydrogen-bond donors (Lipinski definition) is 1. The van der Waals surface area contributed by atoms with Gasteiger partial charge in [0.25, 0.3) is 8.32 Å². The maximum absolute atomic E-state index is 14.1. The van der Waals surface area contributed by atoms with Crippen molar-refractivity contribution in [3.63, 3.8) is 0 Å². The van der Waals surface area contributed by atoms with E-state index in [-0.39, 0.29) is 46.6 Å². The summed E-state index contributed by atoms with van der Waals surface area (Å²) < 4.78 is 13.6. The van der Waals surface area contributed by atoms with Gasteiger partial charge in [0.15, 0.2) is 0 Å². The first-order chi connectivity index (χ1) is 20.7. The molecule has 3 aliphatic rings. The molecule has 6 heteroatoms. The molecule has 0 heterocycles. The largest absolute Gasteiger partial charge is 0.460 e. The van der Waals surface area contributed by atoms with Crippen LogP contribution in [0.25, 0.3) is 0 Å². The molecule has 240 valence electrons. The van der Waals surface area contributed by atoms with Crippen LogP contribution in [-0.2, 0) is 18.8 Å². The van der Waals surface area contributed by atoms with E-state index in [0.29, 0.717) is 12.8 Å². The zero-order valence-electron chi connectivity index (χ0n) is 28.2. The molecule has 0 aliphatic heterocycles. The number of rotatable bonds is 7. The van der Waals surface area contributed by atoms with Crippen molar-refractivity contribution < 1.29 is 23.9 Å². The van der Waals surface area contributed by atoms with Crippen molar-refractivity contribution in [1.29, 1.82) is 0 Å². The molecule has 2 aromatic rings. The molecule has 3 aliphatic carbocycles. The molecule has 2 bridgehead atoms. The number of hydrogen-bond acceptors (Lipinski definition) is 5. The Kier molecular flexibility index (Phi) is 8.89. The van der Waals surface area contributed by atoms with Gasteiger partial charge in [-0.2, -0.15) is 0 Å². The number of benzene rings is 2. The lowest BCUT2D eigenvalue weighted by molar-refractivity contribution is -0.213. The molecule has 0 spiro atoms. The maximum atomic E-state index is 14.1. The highest BCUT2D eigenvalue weighted by atomic mass is 28.4. The van der Waals surface area contributed by atoms with Crippen LogP contribution >= 0.6 is 0 Å². The van der Waals surface area contributed by atoms with Gasteiger partial charge in [0.1, 0.15) is 18.5 Å². The Morgan fingerprint density at radius 3 is 2.07 bits per heavy atom. The van der Waals surface area contributed by atoms with E-state index < -0.39 is 31.4 Å². The Bertz CT molecular complexity index is 1300. The van der Waals surface area contributed by atoms with Crippen LogP contribution in [0.2, 0.25) is 5.04 Å². The minimum Gasteiger partial charge on any atom is -0.460 e. The van der Waals surface area contributed by atoms with E-state index in [9.17, 15) is 14.7 Å². The van der Waals surface area contributed by atoms with Crippen LogP contribution in [0.15, 0.2) is 60.7 Å². The standard InChI is InChI=1S/C38H54O5Si/c1-9-36(7)24-31(37(8)26(2)20-22-38(27(3)34(36)41)23-21-30(39)33(37)38)43-32(40)25-42-44(35(4,5)6,28-16-12-10-13-17-28)29-18-14-11-15-19-29/h10-19,26-27,31,33-34,41H,9,20-25H2,1-8H3/t26-,27+,31-,33?,34+,36-,37+,38-/m1/s1. The monoisotopic (exact) mass is 618 g/mol. The van der Waals surface area contributed by atoms with Gasteiger partial charge >= 0.3 is 5.97 Å². The predicted molar refractivity (Wildman–Crippen MR) is 178 cm³/mol. The molecule has 5 rings (SSSR count). The van der Waals surface area contributed by atoms with Crippen LogP contribution in [0.4, 0.5) is 0 Å². The summed E-state index contributed by atoms with van der Waals surface area (Å²) in [5.41, 5.74) is -1.21. The normalized spacial score (nSPS) is 35.8. The summed E-state index contributed by atoms with van der Waals surface area (Å²) in [5, 5.41) is 13.9. The Morgan fingerprint density at radius 2 is 1.55 bits per heavy atom. The van der Waals surface area contributed by atoms with Gasteiger partial charge in [-0.25, -0.2) is 4.79 Å². The SMILES string of the molecule is CC[C@]1(C)C[C@@H](OC(=O)CO[Si](c2ccccc2)(c2ccccc2)C(C)(C)C)[C@@]2(C)C3C(=O)CC[C@]3(CC[C@H]2C)[C@@H](C)[C@@H]1O. The smallest absolute Gasteiger partial charge is 0.331 e. The number of Topliss-reactive ketones (excluding diaryl/α,β-unsaturated/α-hetero) is 1. The van der Waals surface area contributed by atoms with Crippen LogP contribution < -0.4 is 10.4 Å². The molecule has 1 unspecified atom stereocenters. The van der Waals surface area contributed by atoms with Gasteiger partial charge in [-0.1, -0.05) is 116 Å². The molecule has 1 N–H and O–H groups in total. The summed E-state index contributed by atoms with van der Waals surface area (Å²) in [6, 6.07) is 20.7. The number of carbonyl (C=O) groups is 2. The van der Waals surface area contributed by atoms with Gasteiger partial charge in [-0.3, -0.25) is 4.79 Å². The molecule has 0 saturated heterocycles. The number of carbonyl (C=O) groups excluding carboxylic acids is 2. The van der Waals surface area contributed by atoms with Crippen molar-refractivity contribution in [3.8, 4) is 0 Å². The van der Waals surface area contributed by atoms with Crippen molar-refractivity contribution in [1.82, 2.24) is 0 Å². The zero-order chi connectivity index (χ0) is 32.1. The second-order valence-corrected chi connectivity index (χ2v) is 20.1. The van der Waals surface area contributed by atoms with Crippen LogP contribution in [-0.4, -0.2) is 44.0 Å². The van der Waals surface area contributed by atoms with E-state index in [2.05, 4.69) is 79.7 Å². The second kappa shape index (κ2) is 11.8. The molecule has 3 saturated carbocycles. The average molecular weight is 619 g/mol. The first-order valence-corrected chi connectivity index (χ1v) is 18.7. The minimum atomic E-state index is -2.94. The third-order valence-corrected chi connectivity index (χ3v) is 17.8. The van der Waals surface area contributed by atoms with Gasteiger partial charge in [-0.15, -0.1) is 0 Å². The molecule has 0 radical (unpaired) electrons. The quantitative estimate of drug-likeness (QED) is 0.276. The summed E-state index contributed by atoms with van der Waals surface area (Å²) in [6.07, 6.45) is 3.49. The lowest BCUT2D eigenvalue weighted by atomic mass is 9.43. The van der Waals surface area contributed by atoms with E-state index in [1.54, 1.807) is 0 Å². The fraction of sp³-hybridized carbons (Fsp3) is 0.632. The van der Waals surface area contributed by atoms with Crippen LogP contribution in [0, 0.1) is 34.0 Å². The van der Waals surface area contributed by atoms with Crippen molar-refractivity contribution in [2.45, 2.75) is 111 Å². The second-order valence-electron chi connectivity index (χ2n) is 15.8. The van der Waals surface area contributed by atoms with E-state index in [1.165, 1.54) is 0 Å². The molecule has 0 amide bonds. The Labute approximate surface area is 266 Å². The van der Waals surface area contributed by atoms with Crippen LogP contribution in [0.1, 0.15) is 93.9 Å². The Balaban J connectivity index is 1.52. The summed E-state index contributed by atoms with van der Waals surface area (Å²) in [6.45, 7) is 17.3. The van der Waals surface area contributed by atoms with Crippen molar-refractivity contribution in [2.24, 2.45) is 34.0 Å². The number of ketones is 1. The topological polar surface area (TPSA) is 72.8 Å². The van der Waals surface area contributed by atoms with Crippen LogP contribution in [0.3, 0.4) is 0 Å². The molecule has 3 fully saturated rings. The fourth-order valence-electron chi connectivity index (χ4n) is 9.83. The minimum absolute atomic E-state index is 0.00542. The molecule has 8 atom stereocenters. The van der Waals surface area contributed by atoms with E-state index in [1.807, 2.05) is 36.4 Å². The first kappa shape index (κ1) is 33.1. The zero-order valence-corrected chi connectivity index (χ0v) is 29.2. The number of aliphatic hydroxyl groups is 1. The fourth-order valence-corrected chi connectivity index (χ4v) is 14.3. The lowest BCUT2D eigenvalue weighted by Gasteiger charge is -2.62. The third kappa shape index (κ3) is 5.04. The van der Waals surface area contributed by atoms with Crippen molar-refractivity contribution in [2.75, 3.05) is 6.61 Å². The van der Waals surface area contributed by atoms with E-state index >= 15 is 0 Å². The first-order valence-electron chi connectivity index (χ1n) is 16.8. The van der Waals surface area contributed by atoms with Gasteiger partial charge in [0, 0.05) is 17.8 Å². The number of ether oxygens (including phenoxy) is 1. The Hall–Kier alpha value is -2.28. The number of esters is 1. The molecule has 44 heavy (non-hydrogen) atoms. The molecular weight excluding hydrogens is 564 g/mol. The predicted octanol–water partition coefficient (Wildman–Crippen LogP) is 6.69. The number of aliphatic hydroxyl groups excluding tert-OH is 1. The Morgan fingerprint density at radius 1 is 0.977 bits per heavy atom. The average Bonchev–Trinajstić information content (AvgIpc) is 3.36. The highest BCUT2D eigenvalue weighted by Crippen LogP contribution is 2.68. The molecule has 5 nitrogen and oxygen atoms in total.